The van der Waals surface area contributed by atoms with E-state index in [1.54, 1.807) is 49.0 Å². The van der Waals surface area contributed by atoms with Crippen LogP contribution in [0.3, 0.4) is 0 Å². The number of thioether (sulfide) groups is 1. The Bertz CT molecular complexity index is 2320. The average molecular weight is 920 g/mol. The highest BCUT2D eigenvalue weighted by Gasteiger charge is 2.65. The highest BCUT2D eigenvalue weighted by atomic mass is 32.2. The Balaban J connectivity index is 1.34. The standard InChI is InChI=1S/C52H61N3O10S/c1-4-27-63-52-48(54(2)49(58)31-37-13-12-15-40(30-37)61-3)34-46(53-64-35-36-19-21-39(22-20-36)55(59)60)44-32-38(14-8-10-25-56)43(18-9-11-26-57)50(51(44)52)45-33-41(23-24-47(45)65-52)62-28-29-66-42-16-6-5-7-17-42/h4-7,12-13,15-17,19-24,30,32-33,38,43,48,50-51,56-57H,1,8-11,14,18,25-29,31,34-35H2,2-3H3/t38-,43+,48-,50+,51+,52+/m0/s1. The highest BCUT2D eigenvalue weighted by Crippen LogP contribution is 2.62. The number of rotatable bonds is 24. The predicted octanol–water partition coefficient (Wildman–Crippen LogP) is 9.31. The molecule has 1 amide bonds. The second-order valence-corrected chi connectivity index (χ2v) is 18.2. The molecule has 4 aromatic carbocycles. The van der Waals surface area contributed by atoms with Crippen molar-refractivity contribution in [1.29, 1.82) is 0 Å². The lowest BCUT2D eigenvalue weighted by Gasteiger charge is -2.59. The van der Waals surface area contributed by atoms with Crippen LogP contribution in [0.15, 0.2) is 131 Å². The first kappa shape index (κ1) is 48.3. The number of nitro benzene ring substituents is 1. The van der Waals surface area contributed by atoms with Crippen LogP contribution in [0.2, 0.25) is 0 Å². The van der Waals surface area contributed by atoms with Gasteiger partial charge in [0, 0.05) is 60.9 Å². The summed E-state index contributed by atoms with van der Waals surface area (Å²) in [5.74, 6) is 0.569. The number of fused-ring (bicyclic) bond motifs is 2. The van der Waals surface area contributed by atoms with Crippen LogP contribution >= 0.6 is 11.8 Å². The van der Waals surface area contributed by atoms with Crippen LogP contribution in [0.5, 0.6) is 17.2 Å². The number of oxime groups is 1. The summed E-state index contributed by atoms with van der Waals surface area (Å²) in [6.07, 6.45) is 8.80. The van der Waals surface area contributed by atoms with Gasteiger partial charge in [0.2, 0.25) is 11.7 Å². The molecule has 0 bridgehead atoms. The van der Waals surface area contributed by atoms with Crippen molar-refractivity contribution in [3.63, 3.8) is 0 Å². The molecule has 0 radical (unpaired) electrons. The molecule has 1 saturated carbocycles. The number of likely N-dealkylation sites (N-methyl/N-ethyl adjacent to an activating group) is 1. The molecule has 2 aliphatic carbocycles. The first-order chi connectivity index (χ1) is 32.2. The number of nitrogens with zero attached hydrogens (tertiary/aromatic N) is 3. The topological polar surface area (TPSA) is 162 Å². The maximum atomic E-state index is 14.6. The number of hydrogen-bond acceptors (Lipinski definition) is 12. The summed E-state index contributed by atoms with van der Waals surface area (Å²) in [7, 11) is 3.38. The summed E-state index contributed by atoms with van der Waals surface area (Å²) in [5, 5.41) is 36.2. The van der Waals surface area contributed by atoms with Crippen LogP contribution in [-0.4, -0.2) is 89.8 Å². The van der Waals surface area contributed by atoms with Gasteiger partial charge < -0.3 is 38.9 Å². The number of aliphatic hydroxyl groups is 2. The smallest absolute Gasteiger partial charge is 0.269 e. The van der Waals surface area contributed by atoms with E-state index in [2.05, 4.69) is 30.9 Å². The monoisotopic (exact) mass is 919 g/mol. The quantitative estimate of drug-likeness (QED) is 0.0227. The number of nitro groups is 1. The maximum Gasteiger partial charge on any atom is 0.269 e. The van der Waals surface area contributed by atoms with Gasteiger partial charge >= 0.3 is 0 Å². The summed E-state index contributed by atoms with van der Waals surface area (Å²) < 4.78 is 26.3. The molecule has 0 saturated heterocycles. The minimum absolute atomic E-state index is 0.0194. The van der Waals surface area contributed by atoms with Gasteiger partial charge in [0.25, 0.3) is 5.69 Å². The lowest BCUT2D eigenvalue weighted by atomic mass is 9.55. The Labute approximate surface area is 391 Å². The number of non-ortho nitro benzene ring substituents is 1. The van der Waals surface area contributed by atoms with Gasteiger partial charge in [0.1, 0.15) is 29.9 Å². The first-order valence-electron chi connectivity index (χ1n) is 22.8. The minimum Gasteiger partial charge on any atom is -0.497 e. The third-order valence-corrected chi connectivity index (χ3v) is 13.9. The third-order valence-electron chi connectivity index (χ3n) is 12.9. The predicted molar refractivity (Wildman–Crippen MR) is 255 cm³/mol. The van der Waals surface area contributed by atoms with Crippen LogP contribution in [0, 0.1) is 27.9 Å². The van der Waals surface area contributed by atoms with E-state index in [0.29, 0.717) is 48.0 Å². The number of benzene rings is 4. The molecule has 14 heteroatoms. The fraction of sp³-hybridized carbons (Fsp3) is 0.423. The molecule has 7 rings (SSSR count). The van der Waals surface area contributed by atoms with Gasteiger partial charge in [-0.05, 0) is 109 Å². The van der Waals surface area contributed by atoms with Crippen LogP contribution in [0.4, 0.5) is 5.69 Å². The van der Waals surface area contributed by atoms with Crippen LogP contribution in [0.1, 0.15) is 67.6 Å². The zero-order valence-corrected chi connectivity index (χ0v) is 38.6. The third kappa shape index (κ3) is 11.3. The van der Waals surface area contributed by atoms with Gasteiger partial charge in [-0.2, -0.15) is 0 Å². The molecule has 3 aliphatic rings. The zero-order chi connectivity index (χ0) is 46.5. The van der Waals surface area contributed by atoms with Crippen LogP contribution in [-0.2, 0) is 27.4 Å². The molecule has 1 heterocycles. The van der Waals surface area contributed by atoms with Crippen molar-refractivity contribution in [1.82, 2.24) is 4.90 Å². The summed E-state index contributed by atoms with van der Waals surface area (Å²) in [5.41, 5.74) is 4.00. The summed E-state index contributed by atoms with van der Waals surface area (Å²) in [6.45, 7) is 4.87. The number of allylic oxidation sites excluding steroid dienone is 1. The Morgan fingerprint density at radius 2 is 1.74 bits per heavy atom. The molecule has 2 N–H and O–H groups in total. The number of unbranched alkanes of at least 4 members (excludes halogenated alkanes) is 2. The van der Waals surface area contributed by atoms with E-state index in [1.165, 1.54) is 17.0 Å². The summed E-state index contributed by atoms with van der Waals surface area (Å²) >= 11 is 1.73. The van der Waals surface area contributed by atoms with Crippen LogP contribution in [0.25, 0.3) is 0 Å². The summed E-state index contributed by atoms with van der Waals surface area (Å²) in [4.78, 5) is 34.6. The van der Waals surface area contributed by atoms with Crippen LogP contribution < -0.4 is 14.2 Å². The molecule has 66 heavy (non-hydrogen) atoms. The number of carbonyl (C=O) groups is 1. The van der Waals surface area contributed by atoms with Crippen molar-refractivity contribution in [2.75, 3.05) is 46.3 Å². The van der Waals surface area contributed by atoms with Crippen molar-refractivity contribution in [2.24, 2.45) is 22.9 Å². The number of carbonyl (C=O) groups excluding carboxylic acids is 1. The van der Waals surface area contributed by atoms with Gasteiger partial charge in [-0.25, -0.2) is 0 Å². The average Bonchev–Trinajstić information content (AvgIpc) is 3.33. The SMILES string of the molecule is C=CCO[C@@]12Oc3ccc(OCCSc4ccccc4)cc3[C@H]3[C@H](CCCCO)[C@@H](CCCCO)C=C(C(=NOCc4ccc([N+](=O)[O-])cc4)C[C@@H]1N(C)C(=O)Cc1cccc(OC)c1)[C@H]32. The first-order valence-corrected chi connectivity index (χ1v) is 23.8. The number of hydrogen-bond donors (Lipinski definition) is 2. The maximum absolute atomic E-state index is 14.6. The number of methoxy groups -OCH3 is 1. The Morgan fingerprint density at radius 3 is 2.47 bits per heavy atom. The lowest BCUT2D eigenvalue weighted by molar-refractivity contribution is -0.384. The van der Waals surface area contributed by atoms with Crippen molar-refractivity contribution < 1.29 is 43.7 Å². The molecule has 13 nitrogen and oxygen atoms in total. The van der Waals surface area contributed by atoms with Crippen molar-refractivity contribution in [2.45, 2.75) is 80.6 Å². The van der Waals surface area contributed by atoms with Gasteiger partial charge in [0.15, 0.2) is 0 Å². The zero-order valence-electron chi connectivity index (χ0n) is 37.8. The van der Waals surface area contributed by atoms with E-state index in [-0.39, 0.29) is 68.6 Å². The minimum atomic E-state index is -1.41. The molecular weight excluding hydrogens is 859 g/mol. The molecule has 0 aromatic heterocycles. The second kappa shape index (κ2) is 23.2. The van der Waals surface area contributed by atoms with E-state index >= 15 is 0 Å². The normalized spacial score (nSPS) is 22.3. The fourth-order valence-electron chi connectivity index (χ4n) is 9.81. The molecule has 350 valence electrons. The molecule has 1 fully saturated rings. The molecular formula is C52H61N3O10S. The van der Waals surface area contributed by atoms with E-state index in [0.717, 1.165) is 48.1 Å². The number of ether oxygens (including phenoxy) is 4. The van der Waals surface area contributed by atoms with Crippen molar-refractivity contribution >= 4 is 29.1 Å². The molecule has 0 spiro atoms. The molecule has 4 aromatic rings. The van der Waals surface area contributed by atoms with Crippen molar-refractivity contribution in [3.05, 3.63) is 148 Å². The number of aliphatic hydroxyl groups excluding tert-OH is 2. The fourth-order valence-corrected chi connectivity index (χ4v) is 10.6. The van der Waals surface area contributed by atoms with Gasteiger partial charge in [0.05, 0.1) is 43.3 Å². The van der Waals surface area contributed by atoms with Gasteiger partial charge in [-0.3, -0.25) is 14.9 Å². The molecule has 0 unspecified atom stereocenters. The molecule has 1 aliphatic heterocycles. The van der Waals surface area contributed by atoms with Gasteiger partial charge in [-0.15, -0.1) is 18.3 Å². The Morgan fingerprint density at radius 1 is 0.970 bits per heavy atom. The van der Waals surface area contributed by atoms with E-state index < -0.39 is 22.7 Å². The largest absolute Gasteiger partial charge is 0.497 e. The van der Waals surface area contributed by atoms with Crippen molar-refractivity contribution in [3.8, 4) is 17.2 Å². The second-order valence-electron chi connectivity index (χ2n) is 17.0. The Kier molecular flexibility index (Phi) is 16.9. The van der Waals surface area contributed by atoms with Gasteiger partial charge in [-0.1, -0.05) is 60.5 Å². The number of amides is 1. The highest BCUT2D eigenvalue weighted by molar-refractivity contribution is 7.99. The molecule has 6 atom stereocenters. The Hall–Kier alpha value is -5.67. The van der Waals surface area contributed by atoms with E-state index in [4.69, 9.17) is 28.9 Å². The summed E-state index contributed by atoms with van der Waals surface area (Å²) in [6, 6.07) is 29.2. The van der Waals surface area contributed by atoms with E-state index in [9.17, 15) is 25.1 Å². The van der Waals surface area contributed by atoms with E-state index in [1.807, 2.05) is 54.6 Å². The lowest BCUT2D eigenvalue weighted by Crippen LogP contribution is -2.69.